The molecule has 1 heterocycles. The fourth-order valence-corrected chi connectivity index (χ4v) is 3.36. The van der Waals surface area contributed by atoms with E-state index in [2.05, 4.69) is 4.98 Å². The number of ether oxygens (including phenoxy) is 1. The lowest BCUT2D eigenvalue weighted by molar-refractivity contribution is 0.419. The zero-order valence-corrected chi connectivity index (χ0v) is 15.2. The van der Waals surface area contributed by atoms with Crippen molar-refractivity contribution in [2.75, 3.05) is 7.11 Å². The molecule has 0 aliphatic carbocycles. The van der Waals surface area contributed by atoms with Crippen LogP contribution in [0.15, 0.2) is 60.7 Å². The summed E-state index contributed by atoms with van der Waals surface area (Å²) in [6, 6.07) is 16.3. The SMILES string of the molecule is COc1cccc2c1nc(-c1ccccc1F)n2Cc1c(F)cccc1Cl. The van der Waals surface area contributed by atoms with Crippen LogP contribution in [0.1, 0.15) is 5.56 Å². The number of benzene rings is 3. The van der Waals surface area contributed by atoms with Crippen molar-refractivity contribution < 1.29 is 13.5 Å². The van der Waals surface area contributed by atoms with E-state index in [0.717, 1.165) is 0 Å². The Labute approximate surface area is 159 Å². The van der Waals surface area contributed by atoms with E-state index < -0.39 is 11.6 Å². The zero-order chi connectivity index (χ0) is 19.0. The van der Waals surface area contributed by atoms with Crippen molar-refractivity contribution in [1.29, 1.82) is 0 Å². The average molecular weight is 385 g/mol. The van der Waals surface area contributed by atoms with Crippen LogP contribution in [0.4, 0.5) is 8.78 Å². The lowest BCUT2D eigenvalue weighted by Crippen LogP contribution is -2.05. The molecule has 0 fully saturated rings. The van der Waals surface area contributed by atoms with E-state index in [4.69, 9.17) is 16.3 Å². The minimum absolute atomic E-state index is 0.110. The van der Waals surface area contributed by atoms with Gasteiger partial charge >= 0.3 is 0 Å². The number of aromatic nitrogens is 2. The highest BCUT2D eigenvalue weighted by molar-refractivity contribution is 6.31. The van der Waals surface area contributed by atoms with Crippen LogP contribution in [0.3, 0.4) is 0 Å². The largest absolute Gasteiger partial charge is 0.494 e. The third-order valence-electron chi connectivity index (χ3n) is 4.45. The first-order valence-electron chi connectivity index (χ1n) is 8.31. The zero-order valence-electron chi connectivity index (χ0n) is 14.4. The molecule has 0 spiro atoms. The fourth-order valence-electron chi connectivity index (χ4n) is 3.14. The van der Waals surface area contributed by atoms with Gasteiger partial charge in [0.15, 0.2) is 0 Å². The van der Waals surface area contributed by atoms with E-state index in [1.807, 2.05) is 12.1 Å². The number of hydrogen-bond donors (Lipinski definition) is 0. The molecule has 0 radical (unpaired) electrons. The van der Waals surface area contributed by atoms with Gasteiger partial charge in [-0.25, -0.2) is 13.8 Å². The van der Waals surface area contributed by atoms with Crippen LogP contribution < -0.4 is 4.74 Å². The smallest absolute Gasteiger partial charge is 0.146 e. The van der Waals surface area contributed by atoms with Gasteiger partial charge in [0.2, 0.25) is 0 Å². The van der Waals surface area contributed by atoms with Gasteiger partial charge in [0.05, 0.1) is 24.7 Å². The number of imidazole rings is 1. The van der Waals surface area contributed by atoms with E-state index in [9.17, 15) is 8.78 Å². The molecule has 0 N–H and O–H groups in total. The molecule has 0 atom stereocenters. The highest BCUT2D eigenvalue weighted by atomic mass is 35.5. The molecule has 27 heavy (non-hydrogen) atoms. The first-order valence-corrected chi connectivity index (χ1v) is 8.69. The number of nitrogens with zero attached hydrogens (tertiary/aromatic N) is 2. The topological polar surface area (TPSA) is 27.1 Å². The van der Waals surface area contributed by atoms with Crippen molar-refractivity contribution in [2.24, 2.45) is 0 Å². The van der Waals surface area contributed by atoms with Crippen molar-refractivity contribution in [1.82, 2.24) is 9.55 Å². The Bertz CT molecular complexity index is 1120. The molecule has 0 amide bonds. The molecule has 1 aromatic heterocycles. The summed E-state index contributed by atoms with van der Waals surface area (Å²) in [7, 11) is 1.55. The van der Waals surface area contributed by atoms with Gasteiger partial charge in [0, 0.05) is 10.6 Å². The monoisotopic (exact) mass is 384 g/mol. The maximum absolute atomic E-state index is 14.5. The van der Waals surface area contributed by atoms with Crippen LogP contribution in [-0.2, 0) is 6.54 Å². The number of halogens is 3. The Balaban J connectivity index is 2.00. The summed E-state index contributed by atoms with van der Waals surface area (Å²) in [6.45, 7) is 0.110. The second-order valence-electron chi connectivity index (χ2n) is 6.03. The third-order valence-corrected chi connectivity index (χ3v) is 4.81. The minimum Gasteiger partial charge on any atom is -0.494 e. The van der Waals surface area contributed by atoms with E-state index in [1.54, 1.807) is 48.1 Å². The molecular weight excluding hydrogens is 370 g/mol. The Morgan fingerprint density at radius 1 is 0.963 bits per heavy atom. The van der Waals surface area contributed by atoms with Gasteiger partial charge in [-0.1, -0.05) is 35.9 Å². The average Bonchev–Trinajstić information content (AvgIpc) is 3.03. The van der Waals surface area contributed by atoms with Crippen LogP contribution in [0.2, 0.25) is 5.02 Å². The summed E-state index contributed by atoms with van der Waals surface area (Å²) in [4.78, 5) is 4.60. The number of para-hydroxylation sites is 1. The summed E-state index contributed by atoms with van der Waals surface area (Å²) in [5.41, 5.74) is 1.92. The molecule has 4 rings (SSSR count). The summed E-state index contributed by atoms with van der Waals surface area (Å²) in [6.07, 6.45) is 0. The fraction of sp³-hybridized carbons (Fsp3) is 0.0952. The number of hydrogen-bond acceptors (Lipinski definition) is 2. The van der Waals surface area contributed by atoms with Crippen LogP contribution in [-0.4, -0.2) is 16.7 Å². The summed E-state index contributed by atoms with van der Waals surface area (Å²) >= 11 is 6.21. The van der Waals surface area contributed by atoms with Gasteiger partial charge in [0.1, 0.15) is 28.7 Å². The van der Waals surface area contributed by atoms with Crippen LogP contribution in [0.5, 0.6) is 5.75 Å². The lowest BCUT2D eigenvalue weighted by Gasteiger charge is -2.12. The third kappa shape index (κ3) is 3.04. The highest BCUT2D eigenvalue weighted by Gasteiger charge is 2.20. The predicted molar refractivity (Wildman–Crippen MR) is 102 cm³/mol. The van der Waals surface area contributed by atoms with Gasteiger partial charge in [-0.05, 0) is 36.4 Å². The molecule has 136 valence electrons. The standard InChI is InChI=1S/C21H15ClF2N2O/c1-27-19-11-5-10-18-20(19)25-21(13-6-2-3-8-16(13)23)26(18)12-14-15(22)7-4-9-17(14)24/h2-11H,12H2,1H3. The van der Waals surface area contributed by atoms with Gasteiger partial charge in [0.25, 0.3) is 0 Å². The minimum atomic E-state index is -0.424. The molecule has 0 aliphatic heterocycles. The molecule has 0 unspecified atom stereocenters. The van der Waals surface area contributed by atoms with Crippen LogP contribution >= 0.6 is 11.6 Å². The van der Waals surface area contributed by atoms with Crippen molar-refractivity contribution in [2.45, 2.75) is 6.54 Å². The molecule has 6 heteroatoms. The van der Waals surface area contributed by atoms with E-state index in [0.29, 0.717) is 38.8 Å². The molecule has 0 saturated heterocycles. The highest BCUT2D eigenvalue weighted by Crippen LogP contribution is 2.33. The van der Waals surface area contributed by atoms with E-state index in [-0.39, 0.29) is 6.54 Å². The summed E-state index contributed by atoms with van der Waals surface area (Å²) in [5.74, 6) is 0.106. The maximum atomic E-state index is 14.5. The molecule has 0 saturated carbocycles. The first kappa shape index (κ1) is 17.5. The molecular formula is C21H15ClF2N2O. The Kier molecular flexibility index (Phi) is 4.54. The first-order chi connectivity index (χ1) is 13.1. The van der Waals surface area contributed by atoms with Gasteiger partial charge in [-0.15, -0.1) is 0 Å². The quantitative estimate of drug-likeness (QED) is 0.452. The molecule has 0 aliphatic rings. The van der Waals surface area contributed by atoms with Crippen molar-refractivity contribution >= 4 is 22.6 Å². The normalized spacial score (nSPS) is 11.1. The van der Waals surface area contributed by atoms with Crippen molar-refractivity contribution in [3.05, 3.63) is 82.9 Å². The molecule has 3 nitrogen and oxygen atoms in total. The van der Waals surface area contributed by atoms with Gasteiger partial charge < -0.3 is 9.30 Å². The Hall–Kier alpha value is -2.92. The van der Waals surface area contributed by atoms with E-state index in [1.165, 1.54) is 12.1 Å². The van der Waals surface area contributed by atoms with Crippen LogP contribution in [0, 0.1) is 11.6 Å². The molecule has 0 bridgehead atoms. The second-order valence-corrected chi connectivity index (χ2v) is 6.44. The van der Waals surface area contributed by atoms with E-state index >= 15 is 0 Å². The van der Waals surface area contributed by atoms with Crippen molar-refractivity contribution in [3.63, 3.8) is 0 Å². The van der Waals surface area contributed by atoms with Gasteiger partial charge in [-0.3, -0.25) is 0 Å². The number of methoxy groups -OCH3 is 1. The Morgan fingerprint density at radius 3 is 2.44 bits per heavy atom. The Morgan fingerprint density at radius 2 is 1.70 bits per heavy atom. The summed E-state index contributed by atoms with van der Waals surface area (Å²) < 4.78 is 36.0. The second kappa shape index (κ2) is 7.00. The molecule has 4 aromatic rings. The lowest BCUT2D eigenvalue weighted by atomic mass is 10.1. The maximum Gasteiger partial charge on any atom is 0.146 e. The number of rotatable bonds is 4. The van der Waals surface area contributed by atoms with Gasteiger partial charge in [-0.2, -0.15) is 0 Å². The van der Waals surface area contributed by atoms with Crippen molar-refractivity contribution in [3.8, 4) is 17.1 Å². The van der Waals surface area contributed by atoms with Crippen LogP contribution in [0.25, 0.3) is 22.4 Å². The molecule has 3 aromatic carbocycles. The predicted octanol–water partition coefficient (Wildman–Crippen LogP) is 5.69. The summed E-state index contributed by atoms with van der Waals surface area (Å²) in [5, 5.41) is 0.305. The number of fused-ring (bicyclic) bond motifs is 1.